The van der Waals surface area contributed by atoms with Gasteiger partial charge in [0.05, 0.1) is 0 Å². The minimum absolute atomic E-state index is 0.120. The smallest absolute Gasteiger partial charge is 0.251 e. The molecular weight excluding hydrogens is 248 g/mol. The summed E-state index contributed by atoms with van der Waals surface area (Å²) in [4.78, 5) is 22.5. The summed E-state index contributed by atoms with van der Waals surface area (Å²) >= 11 is 1.48. The lowest BCUT2D eigenvalue weighted by Crippen LogP contribution is -2.08. The van der Waals surface area contributed by atoms with Gasteiger partial charge in [0.25, 0.3) is 5.56 Å². The van der Waals surface area contributed by atoms with Gasteiger partial charge in [-0.3, -0.25) is 4.79 Å². The summed E-state index contributed by atoms with van der Waals surface area (Å²) in [5.41, 5.74) is 1.68. The van der Waals surface area contributed by atoms with Gasteiger partial charge >= 0.3 is 0 Å². The Morgan fingerprint density at radius 3 is 3.06 bits per heavy atom. The van der Waals surface area contributed by atoms with Crippen LogP contribution >= 0.6 is 11.8 Å². The Labute approximate surface area is 109 Å². The molecule has 18 heavy (non-hydrogen) atoms. The van der Waals surface area contributed by atoms with E-state index in [1.807, 2.05) is 26.1 Å². The molecule has 0 radical (unpaired) electrons. The van der Waals surface area contributed by atoms with Crippen LogP contribution in [0.2, 0.25) is 0 Å². The maximum absolute atomic E-state index is 11.3. The lowest BCUT2D eigenvalue weighted by Gasteiger charge is -2.06. The van der Waals surface area contributed by atoms with E-state index < -0.39 is 0 Å². The maximum atomic E-state index is 11.3. The predicted molar refractivity (Wildman–Crippen MR) is 72.9 cm³/mol. The Hall–Kier alpha value is -1.82. The quantitative estimate of drug-likeness (QED) is 0.649. The highest BCUT2D eigenvalue weighted by molar-refractivity contribution is 7.98. The van der Waals surface area contributed by atoms with Gasteiger partial charge in [0, 0.05) is 36.3 Å². The lowest BCUT2D eigenvalue weighted by atomic mass is 10.3. The van der Waals surface area contributed by atoms with E-state index in [4.69, 9.17) is 0 Å². The zero-order valence-electron chi connectivity index (χ0n) is 10.2. The topological polar surface area (TPSA) is 70.7 Å². The zero-order chi connectivity index (χ0) is 13.0. The third kappa shape index (κ3) is 3.10. The van der Waals surface area contributed by atoms with Crippen molar-refractivity contribution in [3.63, 3.8) is 0 Å². The van der Waals surface area contributed by atoms with E-state index in [-0.39, 0.29) is 5.56 Å². The van der Waals surface area contributed by atoms with Crippen LogP contribution < -0.4 is 10.9 Å². The molecular formula is C12H14N4OS. The van der Waals surface area contributed by atoms with Crippen LogP contribution in [0.5, 0.6) is 0 Å². The van der Waals surface area contributed by atoms with Crippen LogP contribution in [0.3, 0.4) is 0 Å². The first kappa shape index (κ1) is 12.6. The molecule has 0 atom stereocenters. The van der Waals surface area contributed by atoms with Crippen LogP contribution in [0.1, 0.15) is 11.3 Å². The van der Waals surface area contributed by atoms with Crippen LogP contribution in [0.25, 0.3) is 0 Å². The number of rotatable bonds is 4. The van der Waals surface area contributed by atoms with Gasteiger partial charge in [0.15, 0.2) is 5.16 Å². The molecule has 0 saturated carbocycles. The molecule has 5 nitrogen and oxygen atoms in total. The minimum Gasteiger partial charge on any atom is -0.373 e. The standard InChI is InChI=1S/C12H14N4OS/c1-8-6-10(17)16-12(15-8)18-7-9-4-3-5-14-11(9)13-2/h3-6H,7H2,1-2H3,(H,13,14)(H,15,16,17). The number of pyridine rings is 1. The summed E-state index contributed by atoms with van der Waals surface area (Å²) in [6.07, 6.45) is 1.74. The largest absolute Gasteiger partial charge is 0.373 e. The number of aromatic amines is 1. The monoisotopic (exact) mass is 262 g/mol. The van der Waals surface area contributed by atoms with Gasteiger partial charge in [0.1, 0.15) is 5.82 Å². The number of aryl methyl sites for hydroxylation is 1. The summed E-state index contributed by atoms with van der Waals surface area (Å²) in [7, 11) is 1.84. The summed E-state index contributed by atoms with van der Waals surface area (Å²) < 4.78 is 0. The molecule has 0 unspecified atom stereocenters. The first-order valence-electron chi connectivity index (χ1n) is 5.51. The van der Waals surface area contributed by atoms with Gasteiger partial charge in [0.2, 0.25) is 0 Å². The number of nitrogens with one attached hydrogen (secondary N) is 2. The predicted octanol–water partition coefficient (Wildman–Crippen LogP) is 1.81. The third-order valence-electron chi connectivity index (χ3n) is 2.34. The first-order chi connectivity index (χ1) is 8.69. The Morgan fingerprint density at radius 2 is 2.33 bits per heavy atom. The molecule has 6 heteroatoms. The van der Waals surface area contributed by atoms with Gasteiger partial charge in [-0.05, 0) is 13.0 Å². The molecule has 2 heterocycles. The Balaban J connectivity index is 2.13. The minimum atomic E-state index is -0.120. The van der Waals surface area contributed by atoms with Gasteiger partial charge in [-0.25, -0.2) is 9.97 Å². The van der Waals surface area contributed by atoms with Crippen LogP contribution in [0.15, 0.2) is 34.3 Å². The fourth-order valence-corrected chi connectivity index (χ4v) is 2.45. The van der Waals surface area contributed by atoms with E-state index in [1.165, 1.54) is 17.8 Å². The van der Waals surface area contributed by atoms with E-state index in [0.717, 1.165) is 17.1 Å². The fourth-order valence-electron chi connectivity index (χ4n) is 1.55. The van der Waals surface area contributed by atoms with E-state index in [2.05, 4.69) is 20.3 Å². The van der Waals surface area contributed by atoms with Crippen LogP contribution in [0.4, 0.5) is 5.82 Å². The highest BCUT2D eigenvalue weighted by Gasteiger charge is 2.04. The Morgan fingerprint density at radius 1 is 1.50 bits per heavy atom. The van der Waals surface area contributed by atoms with Gasteiger partial charge in [-0.1, -0.05) is 17.8 Å². The highest BCUT2D eigenvalue weighted by Crippen LogP contribution is 2.22. The van der Waals surface area contributed by atoms with Crippen LogP contribution in [0, 0.1) is 6.92 Å². The molecule has 94 valence electrons. The van der Waals surface area contributed by atoms with E-state index >= 15 is 0 Å². The van der Waals surface area contributed by atoms with Gasteiger partial charge in [-0.15, -0.1) is 0 Å². The second-order valence-electron chi connectivity index (χ2n) is 3.74. The van der Waals surface area contributed by atoms with E-state index in [1.54, 1.807) is 6.20 Å². The number of thioether (sulfide) groups is 1. The summed E-state index contributed by atoms with van der Waals surface area (Å²) in [6, 6.07) is 5.37. The molecule has 0 aliphatic heterocycles. The van der Waals surface area contributed by atoms with Crippen molar-refractivity contribution in [2.24, 2.45) is 0 Å². The number of hydrogen-bond acceptors (Lipinski definition) is 5. The Bertz CT molecular complexity index is 597. The van der Waals surface area contributed by atoms with Crippen molar-refractivity contribution >= 4 is 17.6 Å². The van der Waals surface area contributed by atoms with Gasteiger partial charge < -0.3 is 10.3 Å². The van der Waals surface area contributed by atoms with Crippen molar-refractivity contribution in [3.05, 3.63) is 46.0 Å². The molecule has 0 aliphatic carbocycles. The number of hydrogen-bond donors (Lipinski definition) is 2. The molecule has 2 rings (SSSR count). The van der Waals surface area contributed by atoms with Gasteiger partial charge in [-0.2, -0.15) is 0 Å². The van der Waals surface area contributed by atoms with Crippen molar-refractivity contribution in [1.29, 1.82) is 0 Å². The zero-order valence-corrected chi connectivity index (χ0v) is 11.0. The van der Waals surface area contributed by atoms with Crippen molar-refractivity contribution in [1.82, 2.24) is 15.0 Å². The van der Waals surface area contributed by atoms with Crippen molar-refractivity contribution < 1.29 is 0 Å². The summed E-state index contributed by atoms with van der Waals surface area (Å²) in [5.74, 6) is 1.55. The lowest BCUT2D eigenvalue weighted by molar-refractivity contribution is 0.905. The number of anilines is 1. The van der Waals surface area contributed by atoms with Crippen molar-refractivity contribution in [3.8, 4) is 0 Å². The molecule has 2 aromatic rings. The average molecular weight is 262 g/mol. The SMILES string of the molecule is CNc1ncccc1CSc1nc(C)cc(=O)[nH]1. The molecule has 0 amide bonds. The van der Waals surface area contributed by atoms with Crippen LogP contribution in [-0.2, 0) is 5.75 Å². The average Bonchev–Trinajstić information content (AvgIpc) is 2.35. The number of nitrogens with zero attached hydrogens (tertiary/aromatic N) is 2. The number of aromatic nitrogens is 3. The van der Waals surface area contributed by atoms with E-state index in [0.29, 0.717) is 10.9 Å². The molecule has 2 N–H and O–H groups in total. The second kappa shape index (κ2) is 5.68. The van der Waals surface area contributed by atoms with E-state index in [9.17, 15) is 4.79 Å². The summed E-state index contributed by atoms with van der Waals surface area (Å²) in [5, 5.41) is 3.67. The van der Waals surface area contributed by atoms with Crippen LogP contribution in [-0.4, -0.2) is 22.0 Å². The fraction of sp³-hybridized carbons (Fsp3) is 0.250. The van der Waals surface area contributed by atoms with Crippen molar-refractivity contribution in [2.75, 3.05) is 12.4 Å². The molecule has 2 aromatic heterocycles. The molecule has 0 aromatic carbocycles. The highest BCUT2D eigenvalue weighted by atomic mass is 32.2. The third-order valence-corrected chi connectivity index (χ3v) is 3.26. The first-order valence-corrected chi connectivity index (χ1v) is 6.50. The second-order valence-corrected chi connectivity index (χ2v) is 4.71. The van der Waals surface area contributed by atoms with Crippen molar-refractivity contribution in [2.45, 2.75) is 17.8 Å². The Kier molecular flexibility index (Phi) is 3.99. The molecule has 0 spiro atoms. The molecule has 0 aliphatic rings. The molecule has 0 bridgehead atoms. The molecule has 0 saturated heterocycles. The molecule has 0 fully saturated rings. The summed E-state index contributed by atoms with van der Waals surface area (Å²) in [6.45, 7) is 1.81. The number of H-pyrrole nitrogens is 1. The maximum Gasteiger partial charge on any atom is 0.251 e. The normalized spacial score (nSPS) is 10.3.